The number of piperidine rings is 1. The van der Waals surface area contributed by atoms with E-state index in [1.165, 1.54) is 6.07 Å². The lowest BCUT2D eigenvalue weighted by atomic mass is 9.93. The predicted molar refractivity (Wildman–Crippen MR) is 191 cm³/mol. The number of hydrogen-bond acceptors (Lipinski definition) is 6. The Hall–Kier alpha value is -3.51. The van der Waals surface area contributed by atoms with Crippen molar-refractivity contribution in [2.24, 2.45) is 0 Å². The topological polar surface area (TPSA) is 66.9 Å². The Bertz CT molecular complexity index is 1850. The molecule has 4 aromatic rings. The lowest BCUT2D eigenvalue weighted by molar-refractivity contribution is -0.137. The van der Waals surface area contributed by atoms with Crippen molar-refractivity contribution >= 4 is 32.7 Å². The van der Waals surface area contributed by atoms with Crippen molar-refractivity contribution in [3.8, 4) is 17.0 Å². The summed E-state index contributed by atoms with van der Waals surface area (Å²) in [4.78, 5) is 24.7. The summed E-state index contributed by atoms with van der Waals surface area (Å²) in [6.07, 6.45) is -1.15. The third-order valence-electron chi connectivity index (χ3n) is 10.1. The summed E-state index contributed by atoms with van der Waals surface area (Å²) < 4.78 is 54.4. The average Bonchev–Trinajstić information content (AvgIpc) is 3.89. The number of rotatable bonds is 9. The third kappa shape index (κ3) is 7.42. The molecule has 50 heavy (non-hydrogen) atoms. The number of nitrogens with one attached hydrogen (secondary N) is 1. The minimum atomic E-state index is -4.54. The quantitative estimate of drug-likeness (QED) is 0.186. The fraction of sp³-hybridized carbons (Fsp3) is 0.436. The molecule has 11 heteroatoms. The zero-order valence-corrected chi connectivity index (χ0v) is 29.9. The largest absolute Gasteiger partial charge is 0.491 e. The van der Waals surface area contributed by atoms with Crippen molar-refractivity contribution < 1.29 is 27.4 Å². The van der Waals surface area contributed by atoms with Gasteiger partial charge in [0.05, 0.1) is 47.2 Å². The first kappa shape index (κ1) is 34.9. The molecule has 1 N–H and O–H groups in total. The van der Waals surface area contributed by atoms with Crippen LogP contribution in [-0.2, 0) is 23.0 Å². The van der Waals surface area contributed by atoms with Crippen LogP contribution >= 0.6 is 15.9 Å². The number of fused-ring (bicyclic) bond motifs is 1. The number of aromatic nitrogens is 1. The molecule has 1 aromatic heterocycles. The summed E-state index contributed by atoms with van der Waals surface area (Å²) >= 11 is 3.75. The molecule has 1 amide bonds. The highest BCUT2D eigenvalue weighted by Gasteiger charge is 2.46. The van der Waals surface area contributed by atoms with Gasteiger partial charge in [-0.05, 0) is 92.3 Å². The van der Waals surface area contributed by atoms with Crippen LogP contribution in [-0.4, -0.2) is 72.2 Å². The van der Waals surface area contributed by atoms with E-state index in [9.17, 15) is 18.0 Å². The van der Waals surface area contributed by atoms with Gasteiger partial charge in [-0.3, -0.25) is 14.6 Å². The molecule has 0 atom stereocenters. The number of morpholine rings is 1. The molecule has 3 aromatic carbocycles. The minimum Gasteiger partial charge on any atom is -0.491 e. The normalized spacial score (nSPS) is 18.8. The smallest absolute Gasteiger partial charge is 0.416 e. The number of carbonyl (C=O) groups is 1. The fourth-order valence-corrected chi connectivity index (χ4v) is 8.07. The second kappa shape index (κ2) is 14.3. The van der Waals surface area contributed by atoms with Gasteiger partial charge in [0.25, 0.3) is 5.91 Å². The maximum Gasteiger partial charge on any atom is 0.416 e. The van der Waals surface area contributed by atoms with Crippen molar-refractivity contribution in [2.45, 2.75) is 69.9 Å². The highest BCUT2D eigenvalue weighted by Crippen LogP contribution is 2.47. The SMILES string of the molecule is CC(C)Oc1cc(Br)c2c(C(=O)NC3(c4ccccc4)CC3)c(CN3CCC(N4CCOCC4)CC3)c(-c3cccc(C(F)(F)F)c3)nc2c1. The fourth-order valence-electron chi connectivity index (χ4n) is 7.44. The molecule has 0 bridgehead atoms. The number of alkyl halides is 3. The first-order valence-corrected chi connectivity index (χ1v) is 18.2. The van der Waals surface area contributed by atoms with E-state index in [2.05, 4.69) is 31.0 Å². The Morgan fingerprint density at radius 2 is 1.74 bits per heavy atom. The van der Waals surface area contributed by atoms with Gasteiger partial charge in [-0.25, -0.2) is 4.98 Å². The molecule has 3 fully saturated rings. The maximum absolute atomic E-state index is 14.8. The molecule has 1 aliphatic carbocycles. The first-order chi connectivity index (χ1) is 24.0. The van der Waals surface area contributed by atoms with Crippen molar-refractivity contribution in [1.82, 2.24) is 20.1 Å². The molecule has 3 heterocycles. The van der Waals surface area contributed by atoms with Gasteiger partial charge in [-0.1, -0.05) is 42.5 Å². The molecule has 264 valence electrons. The van der Waals surface area contributed by atoms with E-state index in [0.29, 0.717) is 56.1 Å². The van der Waals surface area contributed by atoms with E-state index in [4.69, 9.17) is 14.5 Å². The molecule has 3 aliphatic rings. The summed E-state index contributed by atoms with van der Waals surface area (Å²) in [6.45, 7) is 9.11. The second-order valence-electron chi connectivity index (χ2n) is 13.9. The molecule has 7 rings (SSSR count). The van der Waals surface area contributed by atoms with Crippen molar-refractivity contribution in [3.63, 3.8) is 0 Å². The molecule has 7 nitrogen and oxygen atoms in total. The van der Waals surface area contributed by atoms with Crippen molar-refractivity contribution in [1.29, 1.82) is 0 Å². The van der Waals surface area contributed by atoms with Crippen LogP contribution in [0.5, 0.6) is 5.75 Å². The molecule has 0 spiro atoms. The number of pyridine rings is 1. The zero-order valence-electron chi connectivity index (χ0n) is 28.4. The number of hydrogen-bond donors (Lipinski definition) is 1. The Balaban J connectivity index is 1.36. The number of amides is 1. The third-order valence-corrected chi connectivity index (χ3v) is 10.7. The number of carbonyl (C=O) groups excluding carboxylic acids is 1. The minimum absolute atomic E-state index is 0.120. The molecular formula is C39H42BrF3N4O3. The number of likely N-dealkylation sites (tertiary alicyclic amines) is 1. The van der Waals surface area contributed by atoms with Crippen LogP contribution in [0.15, 0.2) is 71.2 Å². The lowest BCUT2D eigenvalue weighted by Gasteiger charge is -2.40. The van der Waals surface area contributed by atoms with Gasteiger partial charge in [0.2, 0.25) is 0 Å². The Labute approximate surface area is 299 Å². The molecular weight excluding hydrogens is 709 g/mol. The number of nitrogens with zero attached hydrogens (tertiary/aromatic N) is 3. The Morgan fingerprint density at radius 3 is 2.40 bits per heavy atom. The molecule has 1 saturated carbocycles. The standard InChI is InChI=1S/C39H42BrF3N4O3/c1-25(2)50-30-22-32(40)35-33(23-30)44-36(26-7-6-10-28(21-26)39(41,42)43)31(24-46-15-11-29(12-16-46)47-17-19-49-20-18-47)34(35)37(48)45-38(13-14-38)27-8-4-3-5-9-27/h3-10,21-23,25,29H,11-20,24H2,1-2H3,(H,45,48). The second-order valence-corrected chi connectivity index (χ2v) is 14.8. The Kier molecular flexibility index (Phi) is 9.95. The maximum atomic E-state index is 14.8. The van der Waals surface area contributed by atoms with E-state index in [1.807, 2.05) is 50.2 Å². The number of benzene rings is 3. The van der Waals surface area contributed by atoms with Crippen LogP contribution in [0.3, 0.4) is 0 Å². The monoisotopic (exact) mass is 750 g/mol. The van der Waals surface area contributed by atoms with Gasteiger partial charge in [0.1, 0.15) is 5.75 Å². The summed E-state index contributed by atoms with van der Waals surface area (Å²) in [7, 11) is 0. The van der Waals surface area contributed by atoms with Gasteiger partial charge in [0, 0.05) is 52.7 Å². The Morgan fingerprint density at radius 1 is 1.02 bits per heavy atom. The highest BCUT2D eigenvalue weighted by atomic mass is 79.9. The van der Waals surface area contributed by atoms with Gasteiger partial charge < -0.3 is 14.8 Å². The van der Waals surface area contributed by atoms with Crippen LogP contribution in [0, 0.1) is 0 Å². The predicted octanol–water partition coefficient (Wildman–Crippen LogP) is 8.19. The lowest BCUT2D eigenvalue weighted by Crippen LogP contribution is -2.48. The van der Waals surface area contributed by atoms with Crippen LogP contribution < -0.4 is 10.1 Å². The van der Waals surface area contributed by atoms with Crippen LogP contribution in [0.25, 0.3) is 22.2 Å². The summed E-state index contributed by atoms with van der Waals surface area (Å²) in [5, 5.41) is 3.98. The van der Waals surface area contributed by atoms with E-state index in [-0.39, 0.29) is 12.0 Å². The summed E-state index contributed by atoms with van der Waals surface area (Å²) in [6, 6.07) is 19.3. The van der Waals surface area contributed by atoms with E-state index >= 15 is 0 Å². The molecule has 2 saturated heterocycles. The molecule has 2 aliphatic heterocycles. The number of halogens is 4. The van der Waals surface area contributed by atoms with Crippen LogP contribution in [0.2, 0.25) is 0 Å². The summed E-state index contributed by atoms with van der Waals surface area (Å²) in [5.74, 6) is 0.275. The van der Waals surface area contributed by atoms with Gasteiger partial charge >= 0.3 is 6.18 Å². The molecule has 0 unspecified atom stereocenters. The average molecular weight is 752 g/mol. The molecule has 0 radical (unpaired) electrons. The van der Waals surface area contributed by atoms with Crippen LogP contribution in [0.4, 0.5) is 13.2 Å². The van der Waals surface area contributed by atoms with Crippen LogP contribution in [0.1, 0.15) is 66.6 Å². The van der Waals surface area contributed by atoms with E-state index in [0.717, 1.165) is 82.8 Å². The van der Waals surface area contributed by atoms with Gasteiger partial charge in [-0.2, -0.15) is 13.2 Å². The summed E-state index contributed by atoms with van der Waals surface area (Å²) in [5.41, 5.74) is 1.93. The van der Waals surface area contributed by atoms with E-state index in [1.54, 1.807) is 12.1 Å². The van der Waals surface area contributed by atoms with Gasteiger partial charge in [0.15, 0.2) is 0 Å². The van der Waals surface area contributed by atoms with E-state index < -0.39 is 17.3 Å². The zero-order chi connectivity index (χ0) is 35.0. The van der Waals surface area contributed by atoms with Crippen molar-refractivity contribution in [3.05, 3.63) is 93.5 Å². The number of ether oxygens (including phenoxy) is 2. The highest BCUT2D eigenvalue weighted by molar-refractivity contribution is 9.10. The van der Waals surface area contributed by atoms with Crippen molar-refractivity contribution in [2.75, 3.05) is 39.4 Å². The first-order valence-electron chi connectivity index (χ1n) is 17.4. The van der Waals surface area contributed by atoms with Gasteiger partial charge in [-0.15, -0.1) is 0 Å².